The molecule has 0 saturated heterocycles. The molecule has 0 saturated carbocycles. The number of hydrogen-bond donors (Lipinski definition) is 1. The molecule has 2 rings (SSSR count). The van der Waals surface area contributed by atoms with E-state index >= 15 is 0 Å². The van der Waals surface area contributed by atoms with E-state index in [1.807, 2.05) is 17.4 Å². The lowest BCUT2D eigenvalue weighted by Gasteiger charge is -2.14. The highest BCUT2D eigenvalue weighted by Crippen LogP contribution is 2.25. The van der Waals surface area contributed by atoms with E-state index in [1.54, 1.807) is 0 Å². The summed E-state index contributed by atoms with van der Waals surface area (Å²) in [6.45, 7) is 2.88. The summed E-state index contributed by atoms with van der Waals surface area (Å²) in [6, 6.07) is 12.7. The molecule has 2 N–H and O–H groups in total. The Bertz CT molecular complexity index is 433. The lowest BCUT2D eigenvalue weighted by atomic mass is 9.94. The minimum atomic E-state index is 0.443. The van der Waals surface area contributed by atoms with E-state index < -0.39 is 0 Å². The predicted molar refractivity (Wildman–Crippen MR) is 71.0 cm³/mol. The highest BCUT2D eigenvalue weighted by atomic mass is 32.1. The number of nitrogens with two attached hydrogens (primary N) is 1. The van der Waals surface area contributed by atoms with Gasteiger partial charge >= 0.3 is 0 Å². The molecule has 0 radical (unpaired) electrons. The molecule has 1 unspecified atom stereocenters. The maximum atomic E-state index is 5.88. The van der Waals surface area contributed by atoms with Crippen molar-refractivity contribution in [2.45, 2.75) is 19.3 Å². The smallest absolute Gasteiger partial charge is 0.00809 e. The van der Waals surface area contributed by atoms with E-state index in [-0.39, 0.29) is 0 Å². The molecule has 1 aromatic heterocycles. The van der Waals surface area contributed by atoms with Crippen LogP contribution >= 0.6 is 11.3 Å². The third kappa shape index (κ3) is 2.52. The van der Waals surface area contributed by atoms with Gasteiger partial charge in [-0.1, -0.05) is 30.3 Å². The van der Waals surface area contributed by atoms with Gasteiger partial charge in [0, 0.05) is 10.8 Å². The molecule has 1 atom stereocenters. The standard InChI is InChI=1S/C14H17NS/c1-11-7-8-16-14(11)9-13(10-15)12-5-3-2-4-6-12/h2-8,13H,9-10,15H2,1H3. The maximum absolute atomic E-state index is 5.88. The predicted octanol–water partition coefficient (Wildman–Crippen LogP) is 3.34. The summed E-state index contributed by atoms with van der Waals surface area (Å²) in [7, 11) is 0. The fourth-order valence-electron chi connectivity index (χ4n) is 1.90. The van der Waals surface area contributed by atoms with E-state index in [2.05, 4.69) is 42.6 Å². The summed E-state index contributed by atoms with van der Waals surface area (Å²) < 4.78 is 0. The Morgan fingerprint density at radius 3 is 2.50 bits per heavy atom. The van der Waals surface area contributed by atoms with Gasteiger partial charge in [-0.15, -0.1) is 11.3 Å². The van der Waals surface area contributed by atoms with Crippen molar-refractivity contribution in [3.63, 3.8) is 0 Å². The highest BCUT2D eigenvalue weighted by molar-refractivity contribution is 7.10. The van der Waals surface area contributed by atoms with Crippen LogP contribution in [0.3, 0.4) is 0 Å². The van der Waals surface area contributed by atoms with Gasteiger partial charge in [-0.05, 0) is 42.5 Å². The van der Waals surface area contributed by atoms with Crippen LogP contribution < -0.4 is 5.73 Å². The molecule has 1 heterocycles. The van der Waals surface area contributed by atoms with Gasteiger partial charge in [0.25, 0.3) is 0 Å². The molecule has 84 valence electrons. The lowest BCUT2D eigenvalue weighted by Crippen LogP contribution is -2.14. The molecular formula is C14H17NS. The van der Waals surface area contributed by atoms with E-state index in [1.165, 1.54) is 16.0 Å². The van der Waals surface area contributed by atoms with Crippen molar-refractivity contribution in [1.29, 1.82) is 0 Å². The van der Waals surface area contributed by atoms with Gasteiger partial charge in [0.2, 0.25) is 0 Å². The van der Waals surface area contributed by atoms with E-state index in [0.29, 0.717) is 12.5 Å². The van der Waals surface area contributed by atoms with Crippen LogP contribution in [0.15, 0.2) is 41.8 Å². The largest absolute Gasteiger partial charge is 0.330 e. The Labute approximate surface area is 101 Å². The minimum Gasteiger partial charge on any atom is -0.330 e. The fraction of sp³-hybridized carbons (Fsp3) is 0.286. The van der Waals surface area contributed by atoms with Gasteiger partial charge in [0.15, 0.2) is 0 Å². The maximum Gasteiger partial charge on any atom is 0.00809 e. The van der Waals surface area contributed by atoms with Gasteiger partial charge in [-0.3, -0.25) is 0 Å². The molecule has 0 aliphatic rings. The average molecular weight is 231 g/mol. The molecule has 2 aromatic rings. The van der Waals surface area contributed by atoms with Crippen LogP contribution in [0.1, 0.15) is 21.9 Å². The van der Waals surface area contributed by atoms with Crippen molar-refractivity contribution in [1.82, 2.24) is 0 Å². The van der Waals surface area contributed by atoms with Crippen molar-refractivity contribution < 1.29 is 0 Å². The zero-order valence-corrected chi connectivity index (χ0v) is 10.3. The van der Waals surface area contributed by atoms with Crippen LogP contribution in [0, 0.1) is 6.92 Å². The van der Waals surface area contributed by atoms with Crippen molar-refractivity contribution in [2.24, 2.45) is 5.73 Å². The van der Waals surface area contributed by atoms with Gasteiger partial charge in [0.1, 0.15) is 0 Å². The number of thiophene rings is 1. The highest BCUT2D eigenvalue weighted by Gasteiger charge is 2.12. The Kier molecular flexibility index (Phi) is 3.75. The van der Waals surface area contributed by atoms with E-state index in [9.17, 15) is 0 Å². The molecule has 0 bridgehead atoms. The lowest BCUT2D eigenvalue weighted by molar-refractivity contribution is 0.699. The minimum absolute atomic E-state index is 0.443. The Hall–Kier alpha value is -1.12. The van der Waals surface area contributed by atoms with E-state index in [0.717, 1.165) is 6.42 Å². The average Bonchev–Trinajstić information content (AvgIpc) is 2.73. The second-order valence-electron chi connectivity index (χ2n) is 4.07. The summed E-state index contributed by atoms with van der Waals surface area (Å²) in [5.41, 5.74) is 8.61. The molecule has 0 spiro atoms. The van der Waals surface area contributed by atoms with Crippen LogP contribution in [-0.4, -0.2) is 6.54 Å². The third-order valence-corrected chi connectivity index (χ3v) is 4.00. The second kappa shape index (κ2) is 5.28. The summed E-state index contributed by atoms with van der Waals surface area (Å²) in [6.07, 6.45) is 1.06. The van der Waals surface area contributed by atoms with Gasteiger partial charge in [-0.2, -0.15) is 0 Å². The van der Waals surface area contributed by atoms with Crippen molar-refractivity contribution in [3.8, 4) is 0 Å². The summed E-state index contributed by atoms with van der Waals surface area (Å²) >= 11 is 1.83. The summed E-state index contributed by atoms with van der Waals surface area (Å²) in [5.74, 6) is 0.443. The first-order valence-corrected chi connectivity index (χ1v) is 6.47. The molecule has 0 aliphatic heterocycles. The van der Waals surface area contributed by atoms with Gasteiger partial charge < -0.3 is 5.73 Å². The number of hydrogen-bond acceptors (Lipinski definition) is 2. The van der Waals surface area contributed by atoms with Gasteiger partial charge in [-0.25, -0.2) is 0 Å². The van der Waals surface area contributed by atoms with Crippen LogP contribution in [0.25, 0.3) is 0 Å². The summed E-state index contributed by atoms with van der Waals surface area (Å²) in [5, 5.41) is 2.16. The molecule has 0 aliphatic carbocycles. The Balaban J connectivity index is 2.16. The number of benzene rings is 1. The third-order valence-electron chi connectivity index (χ3n) is 2.96. The molecule has 2 heteroatoms. The molecule has 0 fully saturated rings. The molecule has 0 amide bonds. The second-order valence-corrected chi connectivity index (χ2v) is 5.07. The zero-order valence-electron chi connectivity index (χ0n) is 9.52. The van der Waals surface area contributed by atoms with Crippen molar-refractivity contribution in [2.75, 3.05) is 6.54 Å². The Morgan fingerprint density at radius 2 is 1.94 bits per heavy atom. The summed E-state index contributed by atoms with van der Waals surface area (Å²) in [4.78, 5) is 1.46. The molecule has 1 aromatic carbocycles. The van der Waals surface area contributed by atoms with Crippen molar-refractivity contribution >= 4 is 11.3 Å². The van der Waals surface area contributed by atoms with Gasteiger partial charge in [0.05, 0.1) is 0 Å². The monoisotopic (exact) mass is 231 g/mol. The fourth-order valence-corrected chi connectivity index (χ4v) is 2.89. The first-order chi connectivity index (χ1) is 7.81. The number of aryl methyl sites for hydroxylation is 1. The Morgan fingerprint density at radius 1 is 1.19 bits per heavy atom. The first kappa shape index (κ1) is 11.4. The van der Waals surface area contributed by atoms with Crippen LogP contribution in [0.5, 0.6) is 0 Å². The van der Waals surface area contributed by atoms with Crippen LogP contribution in [0.2, 0.25) is 0 Å². The molecule has 1 nitrogen and oxygen atoms in total. The topological polar surface area (TPSA) is 26.0 Å². The first-order valence-electron chi connectivity index (χ1n) is 5.59. The number of rotatable bonds is 4. The zero-order chi connectivity index (χ0) is 11.4. The van der Waals surface area contributed by atoms with Crippen LogP contribution in [-0.2, 0) is 6.42 Å². The normalized spacial score (nSPS) is 12.6. The quantitative estimate of drug-likeness (QED) is 0.858. The molecular weight excluding hydrogens is 214 g/mol. The molecule has 16 heavy (non-hydrogen) atoms. The van der Waals surface area contributed by atoms with E-state index in [4.69, 9.17) is 5.73 Å². The SMILES string of the molecule is Cc1ccsc1CC(CN)c1ccccc1. The van der Waals surface area contributed by atoms with Crippen molar-refractivity contribution in [3.05, 3.63) is 57.8 Å². The van der Waals surface area contributed by atoms with Crippen LogP contribution in [0.4, 0.5) is 0 Å².